The Labute approximate surface area is 242 Å². The minimum Gasteiger partial charge on any atom is -0.510 e. The van der Waals surface area contributed by atoms with E-state index in [9.17, 15) is 34.8 Å². The van der Waals surface area contributed by atoms with Crippen LogP contribution >= 0.6 is 0 Å². The highest BCUT2D eigenvalue weighted by Gasteiger charge is 2.63. The second-order valence-electron chi connectivity index (χ2n) is 11.4. The summed E-state index contributed by atoms with van der Waals surface area (Å²) in [5.41, 5.74) is 3.70. The molecule has 2 aromatic rings. The third-order valence-electron chi connectivity index (χ3n) is 8.85. The summed E-state index contributed by atoms with van der Waals surface area (Å²) in [4.78, 5) is 41.0. The highest BCUT2D eigenvalue weighted by molar-refractivity contribution is 6.24. The molecule has 42 heavy (non-hydrogen) atoms. The Balaban J connectivity index is 1.58. The number of carbonyl (C=O) groups excluding carboxylic acids is 3. The van der Waals surface area contributed by atoms with Gasteiger partial charge in [0.1, 0.15) is 28.6 Å². The Bertz CT molecular complexity index is 1550. The van der Waals surface area contributed by atoms with Gasteiger partial charge in [-0.1, -0.05) is 30.3 Å². The average Bonchev–Trinajstić information content (AvgIpc) is 2.93. The summed E-state index contributed by atoms with van der Waals surface area (Å²) in [7, 11) is 4.65. The van der Waals surface area contributed by atoms with Gasteiger partial charge >= 0.3 is 0 Å². The third kappa shape index (κ3) is 4.27. The summed E-state index contributed by atoms with van der Waals surface area (Å²) < 4.78 is 5.76. The SMILES string of the molecule is COc1c(CNC(C)c2ccccc2)cc(O)c2c1C[C@H]1C[C@H]3[C@H](N(C)C)C(O)=C(C(N)=O)C(=O)[C@@]3(O)C(O)=C1C2=O. The normalized spacial score (nSPS) is 26.1. The number of rotatable bonds is 7. The van der Waals surface area contributed by atoms with Gasteiger partial charge in [-0.25, -0.2) is 0 Å². The third-order valence-corrected chi connectivity index (χ3v) is 8.85. The van der Waals surface area contributed by atoms with Crippen LogP contribution in [-0.2, 0) is 22.6 Å². The number of amides is 1. The van der Waals surface area contributed by atoms with Gasteiger partial charge in [-0.2, -0.15) is 0 Å². The van der Waals surface area contributed by atoms with Crippen LogP contribution < -0.4 is 15.8 Å². The van der Waals surface area contributed by atoms with E-state index >= 15 is 0 Å². The van der Waals surface area contributed by atoms with Gasteiger partial charge in [0.05, 0.1) is 18.7 Å². The van der Waals surface area contributed by atoms with Crippen molar-refractivity contribution in [2.24, 2.45) is 17.6 Å². The molecule has 2 aromatic carbocycles. The summed E-state index contributed by atoms with van der Waals surface area (Å²) in [5.74, 6) is -6.50. The Morgan fingerprint density at radius 1 is 1.19 bits per heavy atom. The van der Waals surface area contributed by atoms with Crippen LogP contribution in [0.3, 0.4) is 0 Å². The van der Waals surface area contributed by atoms with Gasteiger partial charge in [0, 0.05) is 35.2 Å². The van der Waals surface area contributed by atoms with Gasteiger partial charge in [0.15, 0.2) is 11.4 Å². The molecule has 5 rings (SSSR count). The number of nitrogens with two attached hydrogens (primary N) is 1. The fourth-order valence-corrected chi connectivity index (χ4v) is 6.87. The van der Waals surface area contributed by atoms with Crippen molar-refractivity contribution in [3.8, 4) is 11.5 Å². The van der Waals surface area contributed by atoms with Gasteiger partial charge < -0.3 is 36.2 Å². The summed E-state index contributed by atoms with van der Waals surface area (Å²) in [6.07, 6.45) is 0.149. The first-order chi connectivity index (χ1) is 19.8. The monoisotopic (exact) mass is 577 g/mol. The number of aliphatic hydroxyl groups excluding tert-OH is 2. The van der Waals surface area contributed by atoms with E-state index in [1.807, 2.05) is 37.3 Å². The lowest BCUT2D eigenvalue weighted by molar-refractivity contribution is -0.148. The number of nitrogens with one attached hydrogen (secondary N) is 1. The molecule has 3 aliphatic rings. The summed E-state index contributed by atoms with van der Waals surface area (Å²) in [5, 5.41) is 48.5. The first-order valence-corrected chi connectivity index (χ1v) is 13.7. The number of ketones is 2. The molecule has 0 saturated carbocycles. The molecular formula is C31H35N3O8. The molecule has 5 atom stereocenters. The molecule has 11 heteroatoms. The van der Waals surface area contributed by atoms with Crippen LogP contribution in [0.5, 0.6) is 11.5 Å². The van der Waals surface area contributed by atoms with Crippen LogP contribution in [0.25, 0.3) is 0 Å². The second-order valence-corrected chi connectivity index (χ2v) is 11.4. The lowest BCUT2D eigenvalue weighted by Crippen LogP contribution is -2.63. The lowest BCUT2D eigenvalue weighted by atomic mass is 9.58. The molecule has 0 fully saturated rings. The van der Waals surface area contributed by atoms with E-state index < -0.39 is 58.0 Å². The van der Waals surface area contributed by atoms with Crippen molar-refractivity contribution < 1.29 is 39.5 Å². The molecule has 0 bridgehead atoms. The van der Waals surface area contributed by atoms with Crippen LogP contribution in [0, 0.1) is 11.8 Å². The number of allylic oxidation sites excluding steroid dienone is 1. The molecule has 0 radical (unpaired) electrons. The maximum atomic E-state index is 13.9. The van der Waals surface area contributed by atoms with E-state index in [1.54, 1.807) is 14.1 Å². The number of aromatic hydroxyl groups is 1. The van der Waals surface area contributed by atoms with Crippen molar-refractivity contribution in [2.75, 3.05) is 21.2 Å². The number of carbonyl (C=O) groups is 3. The van der Waals surface area contributed by atoms with E-state index in [0.29, 0.717) is 23.4 Å². The summed E-state index contributed by atoms with van der Waals surface area (Å²) in [6.45, 7) is 2.33. The average molecular weight is 578 g/mol. The molecule has 3 aliphatic carbocycles. The highest BCUT2D eigenvalue weighted by Crippen LogP contribution is 2.53. The Kier molecular flexibility index (Phi) is 7.38. The molecular weight excluding hydrogens is 542 g/mol. The topological polar surface area (TPSA) is 183 Å². The standard InChI is InChI=1S/C31H35N3O8/c1-14(15-8-6-5-7-9-15)33-13-17-12-20(35)22-18(27(17)42-4)10-16-11-19-24(34(2)3)26(37)23(30(32)40)29(39)31(19,41)28(38)21(16)25(22)36/h5-9,12,14,16,19,24,33,35,37-38,41H,10-11,13H2,1-4H3,(H2,32,40)/t14?,16-,19-,24-,31-/m0/s1. The molecule has 0 aliphatic heterocycles. The predicted molar refractivity (Wildman–Crippen MR) is 152 cm³/mol. The van der Waals surface area contributed by atoms with E-state index in [-0.39, 0.29) is 35.8 Å². The number of benzene rings is 2. The van der Waals surface area contributed by atoms with Gasteiger partial charge in [0.25, 0.3) is 5.91 Å². The molecule has 7 N–H and O–H groups in total. The first kappa shape index (κ1) is 29.3. The van der Waals surface area contributed by atoms with Crippen molar-refractivity contribution in [3.05, 3.63) is 81.3 Å². The van der Waals surface area contributed by atoms with Gasteiger partial charge in [-0.15, -0.1) is 0 Å². The largest absolute Gasteiger partial charge is 0.510 e. The van der Waals surface area contributed by atoms with Crippen molar-refractivity contribution in [1.29, 1.82) is 0 Å². The fourth-order valence-electron chi connectivity index (χ4n) is 6.87. The van der Waals surface area contributed by atoms with Gasteiger partial charge in [0.2, 0.25) is 5.78 Å². The molecule has 0 spiro atoms. The molecule has 1 unspecified atom stereocenters. The maximum Gasteiger partial charge on any atom is 0.255 e. The quantitative estimate of drug-likeness (QED) is 0.266. The minimum atomic E-state index is -2.68. The van der Waals surface area contributed by atoms with Crippen molar-refractivity contribution in [3.63, 3.8) is 0 Å². The molecule has 0 saturated heterocycles. The van der Waals surface area contributed by atoms with E-state index in [0.717, 1.165) is 5.56 Å². The molecule has 0 heterocycles. The molecule has 11 nitrogen and oxygen atoms in total. The van der Waals surface area contributed by atoms with Crippen LogP contribution in [0.4, 0.5) is 0 Å². The smallest absolute Gasteiger partial charge is 0.255 e. The number of aliphatic hydroxyl groups is 3. The number of primary amides is 1. The van der Waals surface area contributed by atoms with E-state index in [2.05, 4.69) is 5.32 Å². The summed E-state index contributed by atoms with van der Waals surface area (Å²) >= 11 is 0. The van der Waals surface area contributed by atoms with Gasteiger partial charge in [-0.05, 0) is 51.4 Å². The second kappa shape index (κ2) is 10.6. The Morgan fingerprint density at radius 2 is 1.86 bits per heavy atom. The zero-order valence-corrected chi connectivity index (χ0v) is 23.8. The first-order valence-electron chi connectivity index (χ1n) is 13.7. The Morgan fingerprint density at radius 3 is 2.45 bits per heavy atom. The predicted octanol–water partition coefficient (Wildman–Crippen LogP) is 1.98. The molecule has 0 aromatic heterocycles. The van der Waals surface area contributed by atoms with E-state index in [1.165, 1.54) is 18.1 Å². The number of methoxy groups -OCH3 is 1. The fraction of sp³-hybridized carbons (Fsp3) is 0.387. The van der Waals surface area contributed by atoms with Crippen LogP contribution in [0.1, 0.15) is 46.4 Å². The van der Waals surface area contributed by atoms with E-state index in [4.69, 9.17) is 10.5 Å². The summed E-state index contributed by atoms with van der Waals surface area (Å²) in [6, 6.07) is 10.2. The minimum absolute atomic E-state index is 0.00317. The van der Waals surface area contributed by atoms with Crippen molar-refractivity contribution in [1.82, 2.24) is 10.2 Å². The number of phenols is 1. The number of phenolic OH excluding ortho intramolecular Hbond substituents is 1. The highest BCUT2D eigenvalue weighted by atomic mass is 16.5. The number of ether oxygens (including phenoxy) is 1. The number of hydrogen-bond acceptors (Lipinski definition) is 10. The molecule has 1 amide bonds. The zero-order chi connectivity index (χ0) is 30.7. The maximum absolute atomic E-state index is 13.9. The lowest BCUT2D eigenvalue weighted by Gasteiger charge is -2.50. The Hall–Kier alpha value is -4.19. The van der Waals surface area contributed by atoms with Crippen LogP contribution in [0.2, 0.25) is 0 Å². The van der Waals surface area contributed by atoms with Crippen LogP contribution in [-0.4, -0.2) is 75.6 Å². The number of Topliss-reactive ketones (excluding diaryl/α,β-unsaturated/α-hetero) is 2. The van der Waals surface area contributed by atoms with Crippen molar-refractivity contribution in [2.45, 2.75) is 44.0 Å². The number of nitrogens with zero attached hydrogens (tertiary/aromatic N) is 1. The number of hydrogen-bond donors (Lipinski definition) is 6. The van der Waals surface area contributed by atoms with Crippen molar-refractivity contribution >= 4 is 17.5 Å². The molecule has 222 valence electrons. The number of likely N-dealkylation sites (N-methyl/N-ethyl adjacent to an activating group) is 1. The van der Waals surface area contributed by atoms with Gasteiger partial charge in [-0.3, -0.25) is 19.3 Å². The number of fused-ring (bicyclic) bond motifs is 3. The zero-order valence-electron chi connectivity index (χ0n) is 23.8. The van der Waals surface area contributed by atoms with Crippen LogP contribution in [0.15, 0.2) is 59.1 Å².